The Hall–Kier alpha value is -1.60. The van der Waals surface area contributed by atoms with Crippen molar-refractivity contribution in [3.63, 3.8) is 0 Å². The normalized spacial score (nSPS) is 10.2. The molecule has 85 valence electrons. The summed E-state index contributed by atoms with van der Waals surface area (Å²) in [6.07, 6.45) is 0.666. The third kappa shape index (κ3) is 2.56. The predicted octanol–water partition coefficient (Wildman–Crippen LogP) is 3.95. The van der Waals surface area contributed by atoms with Crippen LogP contribution in [0, 0.1) is 6.92 Å². The second-order valence-corrected chi connectivity index (χ2v) is 4.17. The summed E-state index contributed by atoms with van der Waals surface area (Å²) in [5.41, 5.74) is 2.21. The molecule has 2 aromatic rings. The van der Waals surface area contributed by atoms with Crippen LogP contribution < -0.4 is 0 Å². The number of halogens is 1. The van der Waals surface area contributed by atoms with Gasteiger partial charge in [-0.05, 0) is 31.0 Å². The van der Waals surface area contributed by atoms with E-state index >= 15 is 0 Å². The highest BCUT2D eigenvalue weighted by Gasteiger charge is 2.12. The van der Waals surface area contributed by atoms with Gasteiger partial charge in [0, 0.05) is 11.1 Å². The standard InChI is InChI=1S/C15H12ClO/c1-2-11-8-9-13(14(16)10-11)15(17)12-6-4-3-5-7-12/h3-10H,1-2H2. The second-order valence-electron chi connectivity index (χ2n) is 3.76. The van der Waals surface area contributed by atoms with Crippen molar-refractivity contribution in [2.24, 2.45) is 0 Å². The highest BCUT2D eigenvalue weighted by Crippen LogP contribution is 2.21. The summed E-state index contributed by atoms with van der Waals surface area (Å²) in [5, 5.41) is 0.486. The SMILES string of the molecule is [CH2]Cc1ccc(C(=O)c2ccccc2)c(Cl)c1. The number of hydrogen-bond acceptors (Lipinski definition) is 1. The Bertz CT molecular complexity index is 532. The maximum Gasteiger partial charge on any atom is 0.194 e. The lowest BCUT2D eigenvalue weighted by molar-refractivity contribution is 0.103. The van der Waals surface area contributed by atoms with Crippen molar-refractivity contribution in [3.05, 3.63) is 77.2 Å². The summed E-state index contributed by atoms with van der Waals surface area (Å²) in [6, 6.07) is 14.6. The van der Waals surface area contributed by atoms with Crippen LogP contribution in [0.3, 0.4) is 0 Å². The van der Waals surface area contributed by atoms with Crippen molar-refractivity contribution < 1.29 is 4.79 Å². The van der Waals surface area contributed by atoms with E-state index in [0.29, 0.717) is 22.6 Å². The molecule has 0 saturated carbocycles. The smallest absolute Gasteiger partial charge is 0.194 e. The molecule has 0 saturated heterocycles. The van der Waals surface area contributed by atoms with E-state index in [4.69, 9.17) is 11.6 Å². The third-order valence-corrected chi connectivity index (χ3v) is 2.92. The molecule has 0 aliphatic rings. The molecule has 0 aromatic heterocycles. The topological polar surface area (TPSA) is 17.1 Å². The molecule has 2 rings (SSSR count). The van der Waals surface area contributed by atoms with Gasteiger partial charge in [0.25, 0.3) is 0 Å². The zero-order valence-electron chi connectivity index (χ0n) is 9.32. The number of ketones is 1. The summed E-state index contributed by atoms with van der Waals surface area (Å²) in [4.78, 5) is 12.2. The van der Waals surface area contributed by atoms with Crippen molar-refractivity contribution in [2.45, 2.75) is 6.42 Å². The summed E-state index contributed by atoms with van der Waals surface area (Å²) in [6.45, 7) is 3.79. The largest absolute Gasteiger partial charge is 0.289 e. The van der Waals surface area contributed by atoms with Crippen LogP contribution in [0.1, 0.15) is 21.5 Å². The van der Waals surface area contributed by atoms with E-state index in [0.717, 1.165) is 5.56 Å². The average Bonchev–Trinajstić information content (AvgIpc) is 2.39. The number of rotatable bonds is 3. The molecule has 2 heteroatoms. The van der Waals surface area contributed by atoms with Gasteiger partial charge in [-0.3, -0.25) is 4.79 Å². The first-order valence-electron chi connectivity index (χ1n) is 5.40. The summed E-state index contributed by atoms with van der Waals surface area (Å²) in [7, 11) is 0. The van der Waals surface area contributed by atoms with E-state index in [1.54, 1.807) is 24.3 Å². The minimum absolute atomic E-state index is 0.0498. The van der Waals surface area contributed by atoms with E-state index in [1.165, 1.54) is 0 Å². The average molecular weight is 244 g/mol. The molecule has 0 aliphatic carbocycles. The molecule has 0 amide bonds. The van der Waals surface area contributed by atoms with Crippen LogP contribution in [0.2, 0.25) is 5.02 Å². The van der Waals surface area contributed by atoms with Crippen LogP contribution in [-0.2, 0) is 6.42 Å². The first-order valence-corrected chi connectivity index (χ1v) is 5.77. The fourth-order valence-corrected chi connectivity index (χ4v) is 1.93. The highest BCUT2D eigenvalue weighted by molar-refractivity contribution is 6.35. The van der Waals surface area contributed by atoms with Gasteiger partial charge in [0.15, 0.2) is 5.78 Å². The third-order valence-electron chi connectivity index (χ3n) is 2.60. The van der Waals surface area contributed by atoms with Crippen LogP contribution in [0.5, 0.6) is 0 Å². The molecular formula is C15H12ClO. The molecule has 0 spiro atoms. The molecule has 17 heavy (non-hydrogen) atoms. The Balaban J connectivity index is 2.38. The molecule has 0 atom stereocenters. The number of carbonyl (C=O) groups excluding carboxylic acids is 1. The Morgan fingerprint density at radius 3 is 2.41 bits per heavy atom. The quantitative estimate of drug-likeness (QED) is 0.746. The molecule has 0 bridgehead atoms. The van der Waals surface area contributed by atoms with Gasteiger partial charge >= 0.3 is 0 Å². The van der Waals surface area contributed by atoms with Crippen molar-refractivity contribution in [3.8, 4) is 0 Å². The fraction of sp³-hybridized carbons (Fsp3) is 0.0667. The van der Waals surface area contributed by atoms with Crippen molar-refractivity contribution in [2.75, 3.05) is 0 Å². The minimum atomic E-state index is -0.0498. The Morgan fingerprint density at radius 1 is 1.12 bits per heavy atom. The lowest BCUT2D eigenvalue weighted by Crippen LogP contribution is -2.02. The van der Waals surface area contributed by atoms with E-state index in [9.17, 15) is 4.79 Å². The molecular weight excluding hydrogens is 232 g/mol. The molecule has 2 aromatic carbocycles. The maximum absolute atomic E-state index is 12.2. The molecule has 1 nitrogen and oxygen atoms in total. The zero-order valence-corrected chi connectivity index (χ0v) is 10.1. The summed E-state index contributed by atoms with van der Waals surface area (Å²) < 4.78 is 0. The number of benzene rings is 2. The summed E-state index contributed by atoms with van der Waals surface area (Å²) >= 11 is 6.10. The van der Waals surface area contributed by atoms with Crippen molar-refractivity contribution in [1.82, 2.24) is 0 Å². The van der Waals surface area contributed by atoms with Gasteiger partial charge in [0.05, 0.1) is 5.02 Å². The van der Waals surface area contributed by atoms with Gasteiger partial charge in [-0.1, -0.05) is 48.0 Å². The fourth-order valence-electron chi connectivity index (χ4n) is 1.64. The van der Waals surface area contributed by atoms with Crippen LogP contribution >= 0.6 is 11.6 Å². The zero-order chi connectivity index (χ0) is 12.3. The minimum Gasteiger partial charge on any atom is -0.289 e. The highest BCUT2D eigenvalue weighted by atomic mass is 35.5. The van der Waals surface area contributed by atoms with Crippen LogP contribution in [0.15, 0.2) is 48.5 Å². The van der Waals surface area contributed by atoms with Crippen molar-refractivity contribution >= 4 is 17.4 Å². The van der Waals surface area contributed by atoms with Crippen LogP contribution in [0.4, 0.5) is 0 Å². The first-order chi connectivity index (χ1) is 8.22. The lowest BCUT2D eigenvalue weighted by atomic mass is 10.0. The Morgan fingerprint density at radius 2 is 1.82 bits per heavy atom. The van der Waals surface area contributed by atoms with Crippen LogP contribution in [-0.4, -0.2) is 5.78 Å². The molecule has 0 heterocycles. The van der Waals surface area contributed by atoms with E-state index < -0.39 is 0 Å². The summed E-state index contributed by atoms with van der Waals surface area (Å²) in [5.74, 6) is -0.0498. The Kier molecular flexibility index (Phi) is 3.60. The van der Waals surface area contributed by atoms with Crippen LogP contribution in [0.25, 0.3) is 0 Å². The number of carbonyl (C=O) groups is 1. The Labute approximate surface area is 106 Å². The van der Waals surface area contributed by atoms with Gasteiger partial charge in [-0.25, -0.2) is 0 Å². The maximum atomic E-state index is 12.2. The molecule has 0 aliphatic heterocycles. The first kappa shape index (κ1) is 11.9. The number of hydrogen-bond donors (Lipinski definition) is 0. The monoisotopic (exact) mass is 243 g/mol. The van der Waals surface area contributed by atoms with E-state index in [2.05, 4.69) is 6.92 Å². The van der Waals surface area contributed by atoms with Gasteiger partial charge in [-0.2, -0.15) is 0 Å². The predicted molar refractivity (Wildman–Crippen MR) is 70.4 cm³/mol. The van der Waals surface area contributed by atoms with Gasteiger partial charge in [0.1, 0.15) is 0 Å². The van der Waals surface area contributed by atoms with Gasteiger partial charge < -0.3 is 0 Å². The van der Waals surface area contributed by atoms with Gasteiger partial charge in [-0.15, -0.1) is 0 Å². The second kappa shape index (κ2) is 5.15. The molecule has 1 radical (unpaired) electrons. The van der Waals surface area contributed by atoms with Gasteiger partial charge in [0.2, 0.25) is 0 Å². The lowest BCUT2D eigenvalue weighted by Gasteiger charge is -2.05. The molecule has 0 N–H and O–H groups in total. The van der Waals surface area contributed by atoms with Crippen molar-refractivity contribution in [1.29, 1.82) is 0 Å². The van der Waals surface area contributed by atoms with E-state index in [-0.39, 0.29) is 5.78 Å². The van der Waals surface area contributed by atoms with E-state index in [1.807, 2.05) is 24.3 Å². The molecule has 0 fully saturated rings. The molecule has 0 unspecified atom stereocenters.